The maximum Gasteiger partial charge on any atom is 0.254 e. The maximum absolute atomic E-state index is 12.8. The fourth-order valence-electron chi connectivity index (χ4n) is 3.86. The predicted octanol–water partition coefficient (Wildman–Crippen LogP) is 1.24. The van der Waals surface area contributed by atoms with Gasteiger partial charge in [-0.2, -0.15) is 0 Å². The van der Waals surface area contributed by atoms with Gasteiger partial charge in [-0.25, -0.2) is 4.98 Å². The molecule has 2 aromatic heterocycles. The zero-order chi connectivity index (χ0) is 18.1. The van der Waals surface area contributed by atoms with Crippen LogP contribution in [0.4, 0.5) is 0 Å². The van der Waals surface area contributed by atoms with Crippen molar-refractivity contribution < 1.29 is 4.79 Å². The zero-order valence-electron chi connectivity index (χ0n) is 15.5. The molecule has 1 atom stereocenters. The number of aromatic nitrogens is 3. The van der Waals surface area contributed by atoms with Crippen LogP contribution in [0.25, 0.3) is 0 Å². The Morgan fingerprint density at radius 1 is 1.12 bits per heavy atom. The molecule has 0 saturated carbocycles. The molecule has 4 heterocycles. The number of rotatable bonds is 3. The Morgan fingerprint density at radius 2 is 1.85 bits per heavy atom. The molecule has 0 aliphatic carbocycles. The van der Waals surface area contributed by atoms with Gasteiger partial charge in [-0.1, -0.05) is 0 Å². The van der Waals surface area contributed by atoms with E-state index in [1.165, 1.54) is 5.69 Å². The molecule has 7 heteroatoms. The molecule has 138 valence electrons. The average Bonchev–Trinajstić information content (AvgIpc) is 3.08. The Balaban J connectivity index is 1.49. The lowest BCUT2D eigenvalue weighted by Crippen LogP contribution is -2.45. The Hall–Kier alpha value is -2.25. The summed E-state index contributed by atoms with van der Waals surface area (Å²) in [6, 6.07) is 3.52. The highest BCUT2D eigenvalue weighted by Gasteiger charge is 2.31. The topological polar surface area (TPSA) is 57.5 Å². The summed E-state index contributed by atoms with van der Waals surface area (Å²) >= 11 is 0. The second-order valence-corrected chi connectivity index (χ2v) is 7.25. The first kappa shape index (κ1) is 17.2. The van der Waals surface area contributed by atoms with E-state index < -0.39 is 0 Å². The highest BCUT2D eigenvalue weighted by Crippen LogP contribution is 2.27. The van der Waals surface area contributed by atoms with Crippen LogP contribution < -0.4 is 0 Å². The molecule has 0 radical (unpaired) electrons. The van der Waals surface area contributed by atoms with E-state index >= 15 is 0 Å². The molecule has 1 unspecified atom stereocenters. The van der Waals surface area contributed by atoms with Crippen LogP contribution in [0, 0.1) is 0 Å². The van der Waals surface area contributed by atoms with E-state index in [-0.39, 0.29) is 11.9 Å². The fourth-order valence-corrected chi connectivity index (χ4v) is 3.86. The Kier molecular flexibility index (Phi) is 4.74. The molecule has 0 spiro atoms. The number of fused-ring (bicyclic) bond motifs is 1. The minimum atomic E-state index is -0.0225. The summed E-state index contributed by atoms with van der Waals surface area (Å²) in [6.45, 7) is 8.94. The first-order chi connectivity index (χ1) is 12.6. The van der Waals surface area contributed by atoms with Gasteiger partial charge in [-0.05, 0) is 26.1 Å². The molecule has 4 rings (SSSR count). The monoisotopic (exact) mass is 354 g/mol. The average molecular weight is 354 g/mol. The van der Waals surface area contributed by atoms with Crippen LogP contribution in [0.5, 0.6) is 0 Å². The van der Waals surface area contributed by atoms with Gasteiger partial charge in [-0.15, -0.1) is 0 Å². The van der Waals surface area contributed by atoms with Crippen molar-refractivity contribution in [1.29, 1.82) is 0 Å². The molecule has 1 saturated heterocycles. The highest BCUT2D eigenvalue weighted by molar-refractivity contribution is 5.94. The first-order valence-corrected chi connectivity index (χ1v) is 9.29. The second kappa shape index (κ2) is 7.17. The summed E-state index contributed by atoms with van der Waals surface area (Å²) < 4.78 is 2.30. The largest absolute Gasteiger partial charge is 0.327 e. The van der Waals surface area contributed by atoms with Gasteiger partial charge in [0.1, 0.15) is 5.82 Å². The van der Waals surface area contributed by atoms with Gasteiger partial charge in [0.05, 0.1) is 11.7 Å². The molecule has 1 fully saturated rings. The third-order valence-corrected chi connectivity index (χ3v) is 5.54. The van der Waals surface area contributed by atoms with Crippen LogP contribution >= 0.6 is 0 Å². The lowest BCUT2D eigenvalue weighted by Gasteiger charge is -2.36. The number of piperazine rings is 1. The van der Waals surface area contributed by atoms with E-state index in [0.717, 1.165) is 45.1 Å². The van der Waals surface area contributed by atoms with Crippen LogP contribution in [0.2, 0.25) is 0 Å². The van der Waals surface area contributed by atoms with Gasteiger partial charge in [-0.3, -0.25) is 14.7 Å². The highest BCUT2D eigenvalue weighted by atomic mass is 16.2. The Morgan fingerprint density at radius 3 is 2.58 bits per heavy atom. The molecule has 1 amide bonds. The number of pyridine rings is 1. The summed E-state index contributed by atoms with van der Waals surface area (Å²) in [7, 11) is 2.17. The van der Waals surface area contributed by atoms with Gasteiger partial charge in [0.25, 0.3) is 5.91 Å². The molecule has 0 N–H and O–H groups in total. The summed E-state index contributed by atoms with van der Waals surface area (Å²) in [5, 5.41) is 0. The second-order valence-electron chi connectivity index (χ2n) is 7.25. The molecule has 2 aliphatic heterocycles. The minimum absolute atomic E-state index is 0.0225. The van der Waals surface area contributed by atoms with E-state index in [1.807, 2.05) is 11.1 Å². The van der Waals surface area contributed by atoms with Gasteiger partial charge < -0.3 is 14.4 Å². The standard InChI is InChI=1S/C19H26N6O/c1-15-18-21-13-17(14-23-9-7-22(2)8-10-23)25(18)12-11-24(15)19(26)16-3-5-20-6-4-16/h3-6,13,15H,7-12,14H2,1-2H3. The molecule has 7 nitrogen and oxygen atoms in total. The van der Waals surface area contributed by atoms with Crippen molar-refractivity contribution in [1.82, 2.24) is 29.2 Å². The van der Waals surface area contributed by atoms with Crippen molar-refractivity contribution in [2.24, 2.45) is 0 Å². The van der Waals surface area contributed by atoms with Gasteiger partial charge in [0.2, 0.25) is 0 Å². The number of amides is 1. The van der Waals surface area contributed by atoms with Gasteiger partial charge in [0.15, 0.2) is 0 Å². The van der Waals surface area contributed by atoms with E-state index in [4.69, 9.17) is 0 Å². The van der Waals surface area contributed by atoms with E-state index in [0.29, 0.717) is 12.1 Å². The van der Waals surface area contributed by atoms with Crippen molar-refractivity contribution >= 4 is 5.91 Å². The van der Waals surface area contributed by atoms with Crippen LogP contribution in [-0.4, -0.2) is 74.9 Å². The summed E-state index contributed by atoms with van der Waals surface area (Å²) in [5.41, 5.74) is 1.94. The number of imidazole rings is 1. The summed E-state index contributed by atoms with van der Waals surface area (Å²) in [6.07, 6.45) is 5.32. The molecule has 26 heavy (non-hydrogen) atoms. The third-order valence-electron chi connectivity index (χ3n) is 5.54. The quantitative estimate of drug-likeness (QED) is 0.830. The van der Waals surface area contributed by atoms with Crippen LogP contribution in [0.3, 0.4) is 0 Å². The number of nitrogens with zero attached hydrogens (tertiary/aromatic N) is 6. The fraction of sp³-hybridized carbons (Fsp3) is 0.526. The lowest BCUT2D eigenvalue weighted by molar-refractivity contribution is 0.0633. The third kappa shape index (κ3) is 3.24. The van der Waals surface area contributed by atoms with Crippen molar-refractivity contribution in [3.8, 4) is 0 Å². The Bertz CT molecular complexity index is 766. The zero-order valence-corrected chi connectivity index (χ0v) is 15.5. The normalized spacial score (nSPS) is 21.6. The first-order valence-electron chi connectivity index (χ1n) is 9.29. The molecular weight excluding hydrogens is 328 g/mol. The van der Waals surface area contributed by atoms with Gasteiger partial charge >= 0.3 is 0 Å². The van der Waals surface area contributed by atoms with Gasteiger partial charge in [0, 0.05) is 70.0 Å². The van der Waals surface area contributed by atoms with Crippen molar-refractivity contribution in [3.63, 3.8) is 0 Å². The SMILES string of the molecule is CC1c2ncc(CN3CCN(C)CC3)n2CCN1C(=O)c1ccncc1. The summed E-state index contributed by atoms with van der Waals surface area (Å²) in [5.74, 6) is 1.04. The number of carbonyl (C=O) groups excluding carboxylic acids is 1. The van der Waals surface area contributed by atoms with Crippen LogP contribution in [-0.2, 0) is 13.1 Å². The summed E-state index contributed by atoms with van der Waals surface area (Å²) in [4.78, 5) is 28.3. The molecule has 2 aliphatic rings. The predicted molar refractivity (Wildman–Crippen MR) is 98.7 cm³/mol. The molecule has 2 aromatic rings. The van der Waals surface area contributed by atoms with Crippen LogP contribution in [0.1, 0.15) is 34.8 Å². The van der Waals surface area contributed by atoms with Crippen LogP contribution in [0.15, 0.2) is 30.7 Å². The van der Waals surface area contributed by atoms with Crippen molar-refractivity contribution in [3.05, 3.63) is 47.8 Å². The van der Waals surface area contributed by atoms with Crippen molar-refractivity contribution in [2.75, 3.05) is 39.8 Å². The lowest BCUT2D eigenvalue weighted by atomic mass is 10.1. The number of hydrogen-bond acceptors (Lipinski definition) is 5. The number of likely N-dealkylation sites (N-methyl/N-ethyl adjacent to an activating group) is 1. The van der Waals surface area contributed by atoms with E-state index in [2.05, 4.69) is 38.3 Å². The van der Waals surface area contributed by atoms with E-state index in [9.17, 15) is 4.79 Å². The smallest absolute Gasteiger partial charge is 0.254 e. The Labute approximate surface area is 154 Å². The van der Waals surface area contributed by atoms with E-state index in [1.54, 1.807) is 24.5 Å². The number of hydrogen-bond donors (Lipinski definition) is 0. The number of carbonyl (C=O) groups is 1. The van der Waals surface area contributed by atoms with Crippen molar-refractivity contribution in [2.45, 2.75) is 26.1 Å². The molecule has 0 bridgehead atoms. The molecular formula is C19H26N6O. The maximum atomic E-state index is 12.8. The minimum Gasteiger partial charge on any atom is -0.327 e. The molecule has 0 aromatic carbocycles.